The lowest BCUT2D eigenvalue weighted by molar-refractivity contribution is -0.120. The van der Waals surface area contributed by atoms with Gasteiger partial charge in [0.05, 0.1) is 23.8 Å². The average Bonchev–Trinajstić information content (AvgIpc) is 2.63. The van der Waals surface area contributed by atoms with Crippen LogP contribution in [0.1, 0.15) is 42.6 Å². The number of rotatable bonds is 6. The van der Waals surface area contributed by atoms with Gasteiger partial charge in [-0.25, -0.2) is 17.5 Å². The second-order valence-electron chi connectivity index (χ2n) is 6.29. The molecule has 1 aliphatic heterocycles. The molecule has 2 rings (SSSR count). The molecule has 1 fully saturated rings. The summed E-state index contributed by atoms with van der Waals surface area (Å²) in [6.45, 7) is 6.01. The van der Waals surface area contributed by atoms with Gasteiger partial charge in [0.2, 0.25) is 15.9 Å². The topological polar surface area (TPSA) is 92.8 Å². The highest BCUT2D eigenvalue weighted by Gasteiger charge is 2.31. The van der Waals surface area contributed by atoms with Gasteiger partial charge in [-0.05, 0) is 51.3 Å². The van der Waals surface area contributed by atoms with Gasteiger partial charge in [0.15, 0.2) is 0 Å². The molecule has 1 aromatic carbocycles. The number of hydrogen-bond donors (Lipinski definition) is 1. The van der Waals surface area contributed by atoms with Crippen LogP contribution >= 0.6 is 0 Å². The zero-order valence-electron chi connectivity index (χ0n) is 15.4. The zero-order chi connectivity index (χ0) is 19.3. The number of carbonyl (C=O) groups excluding carboxylic acids is 2. The highest BCUT2D eigenvalue weighted by molar-refractivity contribution is 7.89. The van der Waals surface area contributed by atoms with Crippen molar-refractivity contribution in [1.29, 1.82) is 0 Å². The monoisotopic (exact) mass is 382 g/mol. The van der Waals surface area contributed by atoms with E-state index in [0.29, 0.717) is 36.2 Å². The molecule has 1 N–H and O–H groups in total. The van der Waals surface area contributed by atoms with Crippen molar-refractivity contribution >= 4 is 27.6 Å². The van der Waals surface area contributed by atoms with E-state index >= 15 is 0 Å². The molecule has 0 aliphatic carbocycles. The number of amides is 1. The maximum absolute atomic E-state index is 12.6. The fourth-order valence-corrected chi connectivity index (χ4v) is 4.21. The van der Waals surface area contributed by atoms with E-state index in [2.05, 4.69) is 5.32 Å². The lowest BCUT2D eigenvalue weighted by Crippen LogP contribution is -2.44. The average molecular weight is 382 g/mol. The zero-order valence-corrected chi connectivity index (χ0v) is 16.3. The minimum absolute atomic E-state index is 0.0298. The SMILES string of the molecule is CCOC(=O)c1cccc(NC(=O)C2CCCN(S(=O)(=O)CC)C2)c1C. The van der Waals surface area contributed by atoms with Crippen molar-refractivity contribution in [2.75, 3.05) is 30.8 Å². The molecule has 0 saturated carbocycles. The van der Waals surface area contributed by atoms with E-state index in [0.717, 1.165) is 0 Å². The van der Waals surface area contributed by atoms with Crippen LogP contribution in [0.4, 0.5) is 5.69 Å². The highest BCUT2D eigenvalue weighted by atomic mass is 32.2. The maximum Gasteiger partial charge on any atom is 0.338 e. The van der Waals surface area contributed by atoms with Crippen LogP contribution in [0.25, 0.3) is 0 Å². The number of carbonyl (C=O) groups is 2. The molecule has 0 spiro atoms. The first-order chi connectivity index (χ1) is 12.3. The predicted molar refractivity (Wildman–Crippen MR) is 99.5 cm³/mol. The van der Waals surface area contributed by atoms with E-state index in [-0.39, 0.29) is 24.8 Å². The number of hydrogen-bond acceptors (Lipinski definition) is 5. The van der Waals surface area contributed by atoms with E-state index in [1.54, 1.807) is 39.0 Å². The molecule has 1 unspecified atom stereocenters. The number of anilines is 1. The third kappa shape index (κ3) is 4.62. The van der Waals surface area contributed by atoms with Gasteiger partial charge in [-0.1, -0.05) is 6.07 Å². The van der Waals surface area contributed by atoms with Crippen LogP contribution in [0.3, 0.4) is 0 Å². The van der Waals surface area contributed by atoms with Crippen molar-refractivity contribution in [2.24, 2.45) is 5.92 Å². The Balaban J connectivity index is 2.12. The van der Waals surface area contributed by atoms with E-state index < -0.39 is 21.9 Å². The van der Waals surface area contributed by atoms with Crippen LogP contribution < -0.4 is 5.32 Å². The molecule has 0 radical (unpaired) electrons. The fourth-order valence-electron chi connectivity index (χ4n) is 3.03. The molecule has 1 atom stereocenters. The van der Waals surface area contributed by atoms with E-state index in [9.17, 15) is 18.0 Å². The third-order valence-electron chi connectivity index (χ3n) is 4.60. The molecule has 8 heteroatoms. The van der Waals surface area contributed by atoms with Crippen molar-refractivity contribution in [2.45, 2.75) is 33.6 Å². The van der Waals surface area contributed by atoms with Gasteiger partial charge in [-0.15, -0.1) is 0 Å². The van der Waals surface area contributed by atoms with Gasteiger partial charge in [0.1, 0.15) is 0 Å². The number of nitrogens with zero attached hydrogens (tertiary/aromatic N) is 1. The number of esters is 1. The van der Waals surface area contributed by atoms with Gasteiger partial charge in [0.25, 0.3) is 0 Å². The summed E-state index contributed by atoms with van der Waals surface area (Å²) in [6.07, 6.45) is 1.29. The summed E-state index contributed by atoms with van der Waals surface area (Å²) in [6, 6.07) is 5.06. The summed E-state index contributed by atoms with van der Waals surface area (Å²) in [5.41, 5.74) is 1.58. The quantitative estimate of drug-likeness (QED) is 0.761. The molecule has 1 aliphatic rings. The summed E-state index contributed by atoms with van der Waals surface area (Å²) in [5, 5.41) is 2.84. The highest BCUT2D eigenvalue weighted by Crippen LogP contribution is 2.24. The van der Waals surface area contributed by atoms with Crippen LogP contribution in [-0.2, 0) is 19.6 Å². The van der Waals surface area contributed by atoms with Crippen molar-refractivity contribution in [3.05, 3.63) is 29.3 Å². The summed E-state index contributed by atoms with van der Waals surface area (Å²) in [5.74, 6) is -1.04. The Hall–Kier alpha value is -1.93. The van der Waals surface area contributed by atoms with E-state index in [1.165, 1.54) is 4.31 Å². The lowest BCUT2D eigenvalue weighted by atomic mass is 9.98. The maximum atomic E-state index is 12.6. The van der Waals surface area contributed by atoms with Gasteiger partial charge >= 0.3 is 5.97 Å². The minimum atomic E-state index is -3.30. The van der Waals surface area contributed by atoms with E-state index in [4.69, 9.17) is 4.74 Å². The van der Waals surface area contributed by atoms with Gasteiger partial charge in [-0.3, -0.25) is 4.79 Å². The van der Waals surface area contributed by atoms with Crippen molar-refractivity contribution in [3.63, 3.8) is 0 Å². The van der Waals surface area contributed by atoms with Crippen molar-refractivity contribution < 1.29 is 22.7 Å². The molecule has 144 valence electrons. The van der Waals surface area contributed by atoms with Gasteiger partial charge in [0, 0.05) is 18.8 Å². The second kappa shape index (κ2) is 8.64. The molecule has 26 heavy (non-hydrogen) atoms. The Bertz CT molecular complexity index is 776. The first-order valence-electron chi connectivity index (χ1n) is 8.85. The van der Waals surface area contributed by atoms with Crippen LogP contribution in [0.5, 0.6) is 0 Å². The first-order valence-corrected chi connectivity index (χ1v) is 10.5. The molecular weight excluding hydrogens is 356 g/mol. The van der Waals surface area contributed by atoms with Crippen molar-refractivity contribution in [1.82, 2.24) is 4.31 Å². The Morgan fingerprint density at radius 3 is 2.69 bits per heavy atom. The molecule has 1 amide bonds. The third-order valence-corrected chi connectivity index (χ3v) is 6.45. The van der Waals surface area contributed by atoms with Crippen LogP contribution in [-0.4, -0.2) is 50.0 Å². The fraction of sp³-hybridized carbons (Fsp3) is 0.556. The molecule has 7 nitrogen and oxygen atoms in total. The summed E-state index contributed by atoms with van der Waals surface area (Å²) in [4.78, 5) is 24.6. The van der Waals surface area contributed by atoms with Crippen LogP contribution in [0.2, 0.25) is 0 Å². The summed E-state index contributed by atoms with van der Waals surface area (Å²) in [7, 11) is -3.30. The first kappa shape index (κ1) is 20.4. The Morgan fingerprint density at radius 2 is 2.04 bits per heavy atom. The standard InChI is InChI=1S/C18H26N2O5S/c1-4-25-18(22)15-9-6-10-16(13(15)3)19-17(21)14-8-7-11-20(12-14)26(23,24)5-2/h6,9-10,14H,4-5,7-8,11-12H2,1-3H3,(H,19,21). The lowest BCUT2D eigenvalue weighted by Gasteiger charge is -2.31. The molecular formula is C18H26N2O5S. The normalized spacial score (nSPS) is 18.3. The van der Waals surface area contributed by atoms with Crippen LogP contribution in [0.15, 0.2) is 18.2 Å². The number of sulfonamides is 1. The second-order valence-corrected chi connectivity index (χ2v) is 8.54. The van der Waals surface area contributed by atoms with Crippen molar-refractivity contribution in [3.8, 4) is 0 Å². The smallest absolute Gasteiger partial charge is 0.338 e. The number of ether oxygens (including phenoxy) is 1. The number of nitrogens with one attached hydrogen (secondary N) is 1. The predicted octanol–water partition coefficient (Wildman–Crippen LogP) is 2.17. The largest absolute Gasteiger partial charge is 0.462 e. The van der Waals surface area contributed by atoms with Gasteiger partial charge < -0.3 is 10.1 Å². The summed E-state index contributed by atoms with van der Waals surface area (Å²) >= 11 is 0. The molecule has 1 heterocycles. The number of piperidine rings is 1. The molecule has 0 aromatic heterocycles. The Morgan fingerprint density at radius 1 is 1.31 bits per heavy atom. The molecule has 0 bridgehead atoms. The Labute approximate surface area is 154 Å². The molecule has 1 aromatic rings. The van der Waals surface area contributed by atoms with Gasteiger partial charge in [-0.2, -0.15) is 0 Å². The number of benzene rings is 1. The summed E-state index contributed by atoms with van der Waals surface area (Å²) < 4.78 is 30.5. The molecule has 1 saturated heterocycles. The van der Waals surface area contributed by atoms with Crippen LogP contribution in [0, 0.1) is 12.8 Å². The van der Waals surface area contributed by atoms with E-state index in [1.807, 2.05) is 0 Å². The Kier molecular flexibility index (Phi) is 6.77. The minimum Gasteiger partial charge on any atom is -0.462 e.